The number of fused-ring (bicyclic) bond motifs is 1. The van der Waals surface area contributed by atoms with Crippen LogP contribution in [0.3, 0.4) is 0 Å². The lowest BCUT2D eigenvalue weighted by Crippen LogP contribution is -2.23. The van der Waals surface area contributed by atoms with Gasteiger partial charge >= 0.3 is 0 Å². The third-order valence-electron chi connectivity index (χ3n) is 4.95. The van der Waals surface area contributed by atoms with Crippen LogP contribution in [-0.2, 0) is 24.2 Å². The highest BCUT2D eigenvalue weighted by Crippen LogP contribution is 2.23. The zero-order valence-corrected chi connectivity index (χ0v) is 15.3. The van der Waals surface area contributed by atoms with Crippen molar-refractivity contribution >= 4 is 17.6 Å². The molecule has 3 N–H and O–H groups in total. The molecule has 1 aliphatic carbocycles. The largest absolute Gasteiger partial charge is 0.366 e. The Labute approximate surface area is 159 Å². The van der Waals surface area contributed by atoms with Crippen molar-refractivity contribution in [3.63, 3.8) is 0 Å². The highest BCUT2D eigenvalue weighted by atomic mass is 16.2. The second kappa shape index (κ2) is 8.62. The van der Waals surface area contributed by atoms with E-state index in [1.54, 1.807) is 18.2 Å². The van der Waals surface area contributed by atoms with Gasteiger partial charge in [-0.15, -0.1) is 0 Å². The van der Waals surface area contributed by atoms with Gasteiger partial charge in [0, 0.05) is 30.5 Å². The molecule has 0 fully saturated rings. The highest BCUT2D eigenvalue weighted by molar-refractivity contribution is 5.98. The van der Waals surface area contributed by atoms with Gasteiger partial charge in [-0.2, -0.15) is 0 Å². The predicted octanol–water partition coefficient (Wildman–Crippen LogP) is 2.94. The molecule has 27 heavy (non-hydrogen) atoms. The monoisotopic (exact) mass is 364 g/mol. The SMILES string of the molecule is NC(=O)c1cccc(CNC(=O)CCC(=O)c2ccc3c(c2)CCCC3)c1. The van der Waals surface area contributed by atoms with Crippen molar-refractivity contribution in [2.45, 2.75) is 45.1 Å². The number of amides is 2. The minimum atomic E-state index is -0.501. The van der Waals surface area contributed by atoms with Gasteiger partial charge in [-0.05, 0) is 60.6 Å². The number of Topliss-reactive ketones (excluding diaryl/α,β-unsaturated/α-hetero) is 1. The molecule has 2 aromatic carbocycles. The van der Waals surface area contributed by atoms with Crippen molar-refractivity contribution in [2.24, 2.45) is 5.73 Å². The second-order valence-corrected chi connectivity index (χ2v) is 6.96. The Morgan fingerprint density at radius 3 is 2.44 bits per heavy atom. The van der Waals surface area contributed by atoms with E-state index in [-0.39, 0.29) is 24.5 Å². The Morgan fingerprint density at radius 1 is 0.889 bits per heavy atom. The molecule has 0 saturated carbocycles. The number of benzene rings is 2. The summed E-state index contributed by atoms with van der Waals surface area (Å²) in [6, 6.07) is 12.7. The Hall–Kier alpha value is -2.95. The van der Waals surface area contributed by atoms with Gasteiger partial charge in [0.05, 0.1) is 0 Å². The maximum absolute atomic E-state index is 12.4. The molecule has 1 aliphatic rings. The number of rotatable bonds is 7. The van der Waals surface area contributed by atoms with E-state index in [0.29, 0.717) is 17.7 Å². The lowest BCUT2D eigenvalue weighted by atomic mass is 9.89. The summed E-state index contributed by atoms with van der Waals surface area (Å²) in [5.74, 6) is -0.695. The number of ketones is 1. The van der Waals surface area contributed by atoms with E-state index in [1.165, 1.54) is 24.0 Å². The van der Waals surface area contributed by atoms with E-state index in [9.17, 15) is 14.4 Å². The minimum Gasteiger partial charge on any atom is -0.366 e. The first-order valence-electron chi connectivity index (χ1n) is 9.33. The molecule has 2 aromatic rings. The van der Waals surface area contributed by atoms with Gasteiger partial charge < -0.3 is 11.1 Å². The zero-order chi connectivity index (χ0) is 19.2. The van der Waals surface area contributed by atoms with Crippen LogP contribution in [-0.4, -0.2) is 17.6 Å². The van der Waals surface area contributed by atoms with Gasteiger partial charge in [-0.25, -0.2) is 0 Å². The normalized spacial score (nSPS) is 12.9. The Kier molecular flexibility index (Phi) is 6.01. The molecule has 0 atom stereocenters. The summed E-state index contributed by atoms with van der Waals surface area (Å²) in [5.41, 5.74) is 9.76. The van der Waals surface area contributed by atoms with Crippen LogP contribution < -0.4 is 11.1 Å². The van der Waals surface area contributed by atoms with Crippen LogP contribution in [0, 0.1) is 0 Å². The molecule has 0 aliphatic heterocycles. The summed E-state index contributed by atoms with van der Waals surface area (Å²) in [7, 11) is 0. The summed E-state index contributed by atoms with van der Waals surface area (Å²) < 4.78 is 0. The number of hydrogen-bond donors (Lipinski definition) is 2. The number of primary amides is 1. The number of aryl methyl sites for hydroxylation is 2. The van der Waals surface area contributed by atoms with Crippen LogP contribution >= 0.6 is 0 Å². The lowest BCUT2D eigenvalue weighted by molar-refractivity contribution is -0.121. The molecule has 140 valence electrons. The fourth-order valence-corrected chi connectivity index (χ4v) is 3.40. The fraction of sp³-hybridized carbons (Fsp3) is 0.318. The third-order valence-corrected chi connectivity index (χ3v) is 4.95. The zero-order valence-electron chi connectivity index (χ0n) is 15.3. The Balaban J connectivity index is 1.49. The average Bonchev–Trinajstić information content (AvgIpc) is 2.70. The fourth-order valence-electron chi connectivity index (χ4n) is 3.40. The maximum Gasteiger partial charge on any atom is 0.248 e. The van der Waals surface area contributed by atoms with Gasteiger partial charge in [0.1, 0.15) is 0 Å². The van der Waals surface area contributed by atoms with Crippen molar-refractivity contribution in [1.82, 2.24) is 5.32 Å². The first-order chi connectivity index (χ1) is 13.0. The molecule has 5 heteroatoms. The van der Waals surface area contributed by atoms with E-state index < -0.39 is 5.91 Å². The first kappa shape index (κ1) is 18.8. The maximum atomic E-state index is 12.4. The summed E-state index contributed by atoms with van der Waals surface area (Å²) in [4.78, 5) is 35.6. The molecule has 0 spiro atoms. The number of nitrogens with one attached hydrogen (secondary N) is 1. The van der Waals surface area contributed by atoms with Gasteiger partial charge in [-0.1, -0.05) is 24.3 Å². The molecular weight excluding hydrogens is 340 g/mol. The van der Waals surface area contributed by atoms with Crippen LogP contribution in [0.15, 0.2) is 42.5 Å². The predicted molar refractivity (Wildman–Crippen MR) is 103 cm³/mol. The molecule has 2 amide bonds. The van der Waals surface area contributed by atoms with E-state index in [4.69, 9.17) is 5.73 Å². The molecule has 0 unspecified atom stereocenters. The molecule has 5 nitrogen and oxygen atoms in total. The van der Waals surface area contributed by atoms with Crippen molar-refractivity contribution in [3.05, 3.63) is 70.3 Å². The van der Waals surface area contributed by atoms with E-state index in [2.05, 4.69) is 5.32 Å². The smallest absolute Gasteiger partial charge is 0.248 e. The van der Waals surface area contributed by atoms with Crippen LogP contribution in [0.1, 0.15) is 63.1 Å². The molecular formula is C22H24N2O3. The number of carbonyl (C=O) groups is 3. The Morgan fingerprint density at radius 2 is 1.67 bits per heavy atom. The third kappa shape index (κ3) is 5.03. The van der Waals surface area contributed by atoms with Crippen LogP contribution in [0.2, 0.25) is 0 Å². The van der Waals surface area contributed by atoms with Crippen LogP contribution in [0.25, 0.3) is 0 Å². The summed E-state index contributed by atoms with van der Waals surface area (Å²) in [6.07, 6.45) is 4.83. The molecule has 0 bridgehead atoms. The molecule has 0 heterocycles. The lowest BCUT2D eigenvalue weighted by Gasteiger charge is -2.16. The van der Waals surface area contributed by atoms with E-state index in [0.717, 1.165) is 18.4 Å². The molecule has 3 rings (SSSR count). The van der Waals surface area contributed by atoms with E-state index in [1.807, 2.05) is 24.3 Å². The van der Waals surface area contributed by atoms with Crippen molar-refractivity contribution in [2.75, 3.05) is 0 Å². The summed E-state index contributed by atoms with van der Waals surface area (Å²) in [5, 5.41) is 2.78. The summed E-state index contributed by atoms with van der Waals surface area (Å²) >= 11 is 0. The molecule has 0 radical (unpaired) electrons. The summed E-state index contributed by atoms with van der Waals surface area (Å²) in [6.45, 7) is 0.299. The van der Waals surface area contributed by atoms with Crippen LogP contribution in [0.5, 0.6) is 0 Å². The second-order valence-electron chi connectivity index (χ2n) is 6.96. The van der Waals surface area contributed by atoms with Crippen molar-refractivity contribution < 1.29 is 14.4 Å². The van der Waals surface area contributed by atoms with Gasteiger partial charge in [-0.3, -0.25) is 14.4 Å². The van der Waals surface area contributed by atoms with E-state index >= 15 is 0 Å². The minimum absolute atomic E-state index is 0.00532. The van der Waals surface area contributed by atoms with Crippen molar-refractivity contribution in [3.8, 4) is 0 Å². The first-order valence-corrected chi connectivity index (χ1v) is 9.33. The number of carbonyl (C=O) groups excluding carboxylic acids is 3. The topological polar surface area (TPSA) is 89.3 Å². The average molecular weight is 364 g/mol. The molecule has 0 aromatic heterocycles. The molecule has 0 saturated heterocycles. The standard InChI is InChI=1S/C22H24N2O3/c23-22(27)19-7-3-4-15(12-19)14-24-21(26)11-10-20(25)18-9-8-16-5-1-2-6-17(16)13-18/h3-4,7-9,12-13H,1-2,5-6,10-11,14H2,(H2,23,27)(H,24,26). The van der Waals surface area contributed by atoms with Crippen molar-refractivity contribution in [1.29, 1.82) is 0 Å². The number of nitrogens with two attached hydrogens (primary N) is 1. The van der Waals surface area contributed by atoms with Crippen LogP contribution in [0.4, 0.5) is 0 Å². The Bertz CT molecular complexity index is 874. The van der Waals surface area contributed by atoms with Gasteiger partial charge in [0.15, 0.2) is 5.78 Å². The van der Waals surface area contributed by atoms with Gasteiger partial charge in [0.25, 0.3) is 0 Å². The van der Waals surface area contributed by atoms with Gasteiger partial charge in [0.2, 0.25) is 11.8 Å². The number of hydrogen-bond acceptors (Lipinski definition) is 3. The highest BCUT2D eigenvalue weighted by Gasteiger charge is 2.14. The quantitative estimate of drug-likeness (QED) is 0.740.